The number of esters is 1. The van der Waals surface area contributed by atoms with Crippen LogP contribution in [-0.2, 0) is 23.0 Å². The molecule has 0 spiro atoms. The molecule has 4 nitrogen and oxygen atoms in total. The highest BCUT2D eigenvalue weighted by molar-refractivity contribution is 5.85. The molecule has 0 saturated heterocycles. The highest BCUT2D eigenvalue weighted by atomic mass is 35.5. The Kier molecular flexibility index (Phi) is 4.76. The quantitative estimate of drug-likeness (QED) is 0.861. The minimum atomic E-state index is -0.606. The van der Waals surface area contributed by atoms with Gasteiger partial charge < -0.3 is 15.0 Å². The highest BCUT2D eigenvalue weighted by Crippen LogP contribution is 2.21. The molecule has 18 heavy (non-hydrogen) atoms. The lowest BCUT2D eigenvalue weighted by Gasteiger charge is -2.07. The molecule has 2 N–H and O–H groups in total. The van der Waals surface area contributed by atoms with Crippen molar-refractivity contribution in [2.24, 2.45) is 12.8 Å². The third kappa shape index (κ3) is 2.66. The SMILES string of the molecule is COC(=O)[C@H](N)Cc1cn(C)c2ccccc12.Cl. The molecule has 2 rings (SSSR count). The first kappa shape index (κ1) is 14.5. The van der Waals surface area contributed by atoms with Crippen LogP contribution in [0.2, 0.25) is 0 Å². The Bertz CT molecular complexity index is 551. The van der Waals surface area contributed by atoms with Gasteiger partial charge in [-0.15, -0.1) is 12.4 Å². The van der Waals surface area contributed by atoms with Crippen molar-refractivity contribution in [1.82, 2.24) is 4.57 Å². The minimum Gasteiger partial charge on any atom is -0.468 e. The lowest BCUT2D eigenvalue weighted by Crippen LogP contribution is -2.33. The van der Waals surface area contributed by atoms with Crippen molar-refractivity contribution in [3.05, 3.63) is 36.0 Å². The second kappa shape index (κ2) is 5.89. The molecular weight excluding hydrogens is 252 g/mol. The standard InChI is InChI=1S/C13H16N2O2.ClH/c1-15-8-9(7-11(14)13(16)17-2)10-5-3-4-6-12(10)15;/h3-6,8,11H,7,14H2,1-2H3;1H/t11-;/m1./s1. The first-order chi connectivity index (χ1) is 8.13. The molecule has 1 aromatic carbocycles. The van der Waals surface area contributed by atoms with Crippen LogP contribution in [0.15, 0.2) is 30.5 Å². The highest BCUT2D eigenvalue weighted by Gasteiger charge is 2.16. The van der Waals surface area contributed by atoms with E-state index in [-0.39, 0.29) is 18.4 Å². The van der Waals surface area contributed by atoms with E-state index in [0.29, 0.717) is 6.42 Å². The van der Waals surface area contributed by atoms with Crippen molar-refractivity contribution in [2.75, 3.05) is 7.11 Å². The van der Waals surface area contributed by atoms with E-state index in [9.17, 15) is 4.79 Å². The number of benzene rings is 1. The van der Waals surface area contributed by atoms with Crippen LogP contribution < -0.4 is 5.73 Å². The Morgan fingerprint density at radius 2 is 2.11 bits per heavy atom. The minimum absolute atomic E-state index is 0. The Hall–Kier alpha value is -1.52. The number of carbonyl (C=O) groups excluding carboxylic acids is 1. The number of nitrogens with zero attached hydrogens (tertiary/aromatic N) is 1. The van der Waals surface area contributed by atoms with Gasteiger partial charge >= 0.3 is 5.97 Å². The normalized spacial score (nSPS) is 11.9. The van der Waals surface area contributed by atoms with Crippen LogP contribution >= 0.6 is 12.4 Å². The maximum Gasteiger partial charge on any atom is 0.322 e. The molecule has 1 aromatic heterocycles. The van der Waals surface area contributed by atoms with E-state index in [1.165, 1.54) is 7.11 Å². The molecule has 0 unspecified atom stereocenters. The van der Waals surface area contributed by atoms with Crippen LogP contribution in [0, 0.1) is 0 Å². The van der Waals surface area contributed by atoms with Crippen LogP contribution in [0.3, 0.4) is 0 Å². The van der Waals surface area contributed by atoms with Gasteiger partial charge in [-0.05, 0) is 11.6 Å². The van der Waals surface area contributed by atoms with Crippen molar-refractivity contribution in [1.29, 1.82) is 0 Å². The largest absolute Gasteiger partial charge is 0.468 e. The van der Waals surface area contributed by atoms with Gasteiger partial charge in [-0.25, -0.2) is 0 Å². The van der Waals surface area contributed by atoms with Crippen LogP contribution in [0.25, 0.3) is 10.9 Å². The van der Waals surface area contributed by atoms with Crippen molar-refractivity contribution in [3.8, 4) is 0 Å². The van der Waals surface area contributed by atoms with E-state index < -0.39 is 6.04 Å². The monoisotopic (exact) mass is 268 g/mol. The van der Waals surface area contributed by atoms with Crippen LogP contribution in [0.1, 0.15) is 5.56 Å². The van der Waals surface area contributed by atoms with Gasteiger partial charge in [0, 0.05) is 30.6 Å². The summed E-state index contributed by atoms with van der Waals surface area (Å²) in [5.41, 5.74) is 7.99. The summed E-state index contributed by atoms with van der Waals surface area (Å²) in [5, 5.41) is 1.13. The number of aromatic nitrogens is 1. The zero-order chi connectivity index (χ0) is 12.4. The fourth-order valence-electron chi connectivity index (χ4n) is 2.06. The molecule has 0 fully saturated rings. The number of rotatable bonds is 3. The van der Waals surface area contributed by atoms with Gasteiger partial charge in [0.2, 0.25) is 0 Å². The van der Waals surface area contributed by atoms with E-state index in [1.807, 2.05) is 42.1 Å². The summed E-state index contributed by atoms with van der Waals surface area (Å²) in [6.07, 6.45) is 2.50. The zero-order valence-electron chi connectivity index (χ0n) is 10.4. The number of carbonyl (C=O) groups is 1. The number of para-hydroxylation sites is 1. The molecule has 2 aromatic rings. The molecule has 98 valence electrons. The maximum absolute atomic E-state index is 11.3. The van der Waals surface area contributed by atoms with E-state index in [0.717, 1.165) is 16.5 Å². The predicted molar refractivity (Wildman–Crippen MR) is 73.9 cm³/mol. The number of hydrogen-bond donors (Lipinski definition) is 1. The first-order valence-corrected chi connectivity index (χ1v) is 5.50. The van der Waals surface area contributed by atoms with Crippen LogP contribution in [0.4, 0.5) is 0 Å². The number of fused-ring (bicyclic) bond motifs is 1. The molecule has 0 radical (unpaired) electrons. The van der Waals surface area contributed by atoms with Gasteiger partial charge in [0.05, 0.1) is 7.11 Å². The van der Waals surface area contributed by atoms with E-state index in [4.69, 9.17) is 5.73 Å². The number of hydrogen-bond acceptors (Lipinski definition) is 3. The molecule has 0 bridgehead atoms. The molecule has 1 heterocycles. The molecule has 0 amide bonds. The average molecular weight is 269 g/mol. The number of aryl methyl sites for hydroxylation is 1. The Morgan fingerprint density at radius 1 is 1.44 bits per heavy atom. The summed E-state index contributed by atoms with van der Waals surface area (Å²) < 4.78 is 6.67. The molecule has 0 aliphatic carbocycles. The number of ether oxygens (including phenoxy) is 1. The van der Waals surface area contributed by atoms with Gasteiger partial charge in [0.25, 0.3) is 0 Å². The Morgan fingerprint density at radius 3 is 2.78 bits per heavy atom. The molecule has 5 heteroatoms. The molecule has 0 aliphatic rings. The van der Waals surface area contributed by atoms with Crippen molar-refractivity contribution in [3.63, 3.8) is 0 Å². The van der Waals surface area contributed by atoms with E-state index in [2.05, 4.69) is 4.74 Å². The first-order valence-electron chi connectivity index (χ1n) is 5.50. The fourth-order valence-corrected chi connectivity index (χ4v) is 2.06. The summed E-state index contributed by atoms with van der Waals surface area (Å²) in [6, 6.07) is 7.45. The predicted octanol–water partition coefficient (Wildman–Crippen LogP) is 1.64. The van der Waals surface area contributed by atoms with Crippen LogP contribution in [-0.4, -0.2) is 23.7 Å². The second-order valence-electron chi connectivity index (χ2n) is 4.12. The topological polar surface area (TPSA) is 57.2 Å². The molecule has 0 aliphatic heterocycles. The summed E-state index contributed by atoms with van der Waals surface area (Å²) in [6.45, 7) is 0. The van der Waals surface area contributed by atoms with Crippen molar-refractivity contribution in [2.45, 2.75) is 12.5 Å². The van der Waals surface area contributed by atoms with E-state index >= 15 is 0 Å². The summed E-state index contributed by atoms with van der Waals surface area (Å²) >= 11 is 0. The number of nitrogens with two attached hydrogens (primary N) is 1. The van der Waals surface area contributed by atoms with Crippen molar-refractivity contribution >= 4 is 29.3 Å². The van der Waals surface area contributed by atoms with Gasteiger partial charge in [0.1, 0.15) is 6.04 Å². The van der Waals surface area contributed by atoms with Gasteiger partial charge in [-0.2, -0.15) is 0 Å². The Balaban J connectivity index is 0.00000162. The zero-order valence-corrected chi connectivity index (χ0v) is 11.2. The van der Waals surface area contributed by atoms with Gasteiger partial charge in [-0.3, -0.25) is 4.79 Å². The number of halogens is 1. The number of methoxy groups -OCH3 is 1. The summed E-state index contributed by atoms with van der Waals surface area (Å²) in [4.78, 5) is 11.3. The van der Waals surface area contributed by atoms with Crippen LogP contribution in [0.5, 0.6) is 0 Å². The average Bonchev–Trinajstić information content (AvgIpc) is 2.66. The van der Waals surface area contributed by atoms with E-state index in [1.54, 1.807) is 0 Å². The lowest BCUT2D eigenvalue weighted by atomic mass is 10.1. The van der Waals surface area contributed by atoms with Crippen molar-refractivity contribution < 1.29 is 9.53 Å². The van der Waals surface area contributed by atoms with Gasteiger partial charge in [-0.1, -0.05) is 18.2 Å². The smallest absolute Gasteiger partial charge is 0.322 e. The molecule has 0 saturated carbocycles. The van der Waals surface area contributed by atoms with Gasteiger partial charge in [0.15, 0.2) is 0 Å². The third-order valence-electron chi connectivity index (χ3n) is 2.92. The Labute approximate surface area is 112 Å². The fraction of sp³-hybridized carbons (Fsp3) is 0.308. The summed E-state index contributed by atoms with van der Waals surface area (Å²) in [7, 11) is 3.33. The second-order valence-corrected chi connectivity index (χ2v) is 4.12. The third-order valence-corrected chi connectivity index (χ3v) is 2.92. The lowest BCUT2D eigenvalue weighted by molar-refractivity contribution is -0.142. The molecule has 1 atom stereocenters. The summed E-state index contributed by atoms with van der Waals surface area (Å²) in [5.74, 6) is -0.377. The molecular formula is C13H17ClN2O2. The maximum atomic E-state index is 11.3.